The minimum absolute atomic E-state index is 0.0253. The average molecular weight is 244 g/mol. The molecule has 18 heavy (non-hydrogen) atoms. The second-order valence-corrected chi connectivity index (χ2v) is 4.79. The third-order valence-corrected chi connectivity index (χ3v) is 3.29. The molecule has 0 spiro atoms. The van der Waals surface area contributed by atoms with Crippen molar-refractivity contribution in [3.63, 3.8) is 0 Å². The van der Waals surface area contributed by atoms with Gasteiger partial charge in [0.15, 0.2) is 0 Å². The molecule has 1 aromatic heterocycles. The van der Waals surface area contributed by atoms with E-state index in [9.17, 15) is 9.59 Å². The van der Waals surface area contributed by atoms with Gasteiger partial charge in [0.05, 0.1) is 6.54 Å². The number of aryl methyl sites for hydroxylation is 2. The molecule has 1 aromatic rings. The normalized spacial score (nSPS) is 19.1. The van der Waals surface area contributed by atoms with Gasteiger partial charge in [0, 0.05) is 30.1 Å². The van der Waals surface area contributed by atoms with Crippen LogP contribution in [0, 0.1) is 32.1 Å². The van der Waals surface area contributed by atoms with Crippen molar-refractivity contribution in [1.82, 2.24) is 9.88 Å². The second-order valence-electron chi connectivity index (χ2n) is 4.79. The molecular weight excluding hydrogens is 228 g/mol. The Kier molecular flexibility index (Phi) is 3.24. The summed E-state index contributed by atoms with van der Waals surface area (Å²) in [6.45, 7) is 4.62. The zero-order valence-corrected chi connectivity index (χ0v) is 10.6. The summed E-state index contributed by atoms with van der Waals surface area (Å²) in [6.07, 6.45) is 5.72. The van der Waals surface area contributed by atoms with Crippen LogP contribution in [0.25, 0.3) is 0 Å². The molecule has 1 amide bonds. The van der Waals surface area contributed by atoms with Crippen LogP contribution in [0.4, 0.5) is 0 Å². The van der Waals surface area contributed by atoms with E-state index in [4.69, 9.17) is 6.42 Å². The van der Waals surface area contributed by atoms with Gasteiger partial charge in [-0.3, -0.25) is 9.59 Å². The summed E-state index contributed by atoms with van der Waals surface area (Å²) in [6, 6.07) is 1.91. The fraction of sp³-hybridized carbons (Fsp3) is 0.429. The van der Waals surface area contributed by atoms with E-state index in [0.29, 0.717) is 25.1 Å². The first-order valence-electron chi connectivity index (χ1n) is 5.94. The lowest BCUT2D eigenvalue weighted by Gasteiger charge is -2.16. The second kappa shape index (κ2) is 4.69. The lowest BCUT2D eigenvalue weighted by Crippen LogP contribution is -2.29. The van der Waals surface area contributed by atoms with Crippen LogP contribution in [0.5, 0.6) is 0 Å². The van der Waals surface area contributed by atoms with Gasteiger partial charge in [0.2, 0.25) is 5.91 Å². The number of pyridine rings is 1. The number of nitrogens with zero attached hydrogens (tertiary/aromatic N) is 1. The Morgan fingerprint density at radius 3 is 2.78 bits per heavy atom. The van der Waals surface area contributed by atoms with Gasteiger partial charge >= 0.3 is 0 Å². The summed E-state index contributed by atoms with van der Waals surface area (Å²) in [5, 5.41) is 0. The van der Waals surface area contributed by atoms with Crippen molar-refractivity contribution in [2.45, 2.75) is 26.8 Å². The van der Waals surface area contributed by atoms with E-state index < -0.39 is 0 Å². The van der Waals surface area contributed by atoms with Crippen LogP contribution < -0.4 is 5.56 Å². The van der Waals surface area contributed by atoms with Crippen molar-refractivity contribution in [3.8, 4) is 12.3 Å². The van der Waals surface area contributed by atoms with Crippen LogP contribution in [-0.4, -0.2) is 22.3 Å². The molecule has 1 unspecified atom stereocenters. The molecule has 0 bridgehead atoms. The predicted octanol–water partition coefficient (Wildman–Crippen LogP) is 0.973. The van der Waals surface area contributed by atoms with Gasteiger partial charge in [0.25, 0.3) is 5.56 Å². The Morgan fingerprint density at radius 2 is 2.22 bits per heavy atom. The number of terminal acetylenes is 1. The van der Waals surface area contributed by atoms with Crippen molar-refractivity contribution >= 4 is 5.91 Å². The van der Waals surface area contributed by atoms with E-state index in [1.165, 1.54) is 0 Å². The van der Waals surface area contributed by atoms with Gasteiger partial charge in [-0.05, 0) is 25.5 Å². The number of aromatic nitrogens is 1. The number of likely N-dealkylation sites (tertiary alicyclic amines) is 1. The summed E-state index contributed by atoms with van der Waals surface area (Å²) in [7, 11) is 0. The van der Waals surface area contributed by atoms with E-state index in [1.807, 2.05) is 19.9 Å². The van der Waals surface area contributed by atoms with Crippen LogP contribution >= 0.6 is 0 Å². The highest BCUT2D eigenvalue weighted by atomic mass is 16.2. The quantitative estimate of drug-likeness (QED) is 0.788. The minimum atomic E-state index is -0.121. The highest BCUT2D eigenvalue weighted by molar-refractivity contribution is 5.79. The van der Waals surface area contributed by atoms with Gasteiger partial charge in [-0.2, -0.15) is 0 Å². The highest BCUT2D eigenvalue weighted by Crippen LogP contribution is 2.19. The number of amides is 1. The zero-order chi connectivity index (χ0) is 13.3. The average Bonchev–Trinajstić information content (AvgIpc) is 2.64. The topological polar surface area (TPSA) is 53.2 Å². The lowest BCUT2D eigenvalue weighted by atomic mass is 10.1. The molecule has 1 N–H and O–H groups in total. The Morgan fingerprint density at radius 1 is 1.50 bits per heavy atom. The van der Waals surface area contributed by atoms with Crippen molar-refractivity contribution in [2.24, 2.45) is 5.92 Å². The molecule has 0 saturated carbocycles. The monoisotopic (exact) mass is 244 g/mol. The van der Waals surface area contributed by atoms with Crippen molar-refractivity contribution in [1.29, 1.82) is 0 Å². The number of nitrogens with one attached hydrogen (secondary N) is 1. The first-order chi connectivity index (χ1) is 8.51. The standard InChI is InChI=1S/C14H16N2O2/c1-4-11-6-13(17)16(7-11)8-12-9(2)5-10(3)15-14(12)18/h1,5,11H,6-8H2,2-3H3,(H,15,18). The molecule has 2 rings (SSSR count). The summed E-state index contributed by atoms with van der Waals surface area (Å²) >= 11 is 0. The maximum atomic E-state index is 11.9. The van der Waals surface area contributed by atoms with E-state index in [-0.39, 0.29) is 17.4 Å². The van der Waals surface area contributed by atoms with Gasteiger partial charge in [-0.1, -0.05) is 0 Å². The molecule has 1 saturated heterocycles. The predicted molar refractivity (Wildman–Crippen MR) is 68.9 cm³/mol. The number of carbonyl (C=O) groups excluding carboxylic acids is 1. The zero-order valence-electron chi connectivity index (χ0n) is 10.6. The van der Waals surface area contributed by atoms with Crippen LogP contribution in [-0.2, 0) is 11.3 Å². The summed E-state index contributed by atoms with van der Waals surface area (Å²) in [5.41, 5.74) is 2.26. The van der Waals surface area contributed by atoms with Crippen LogP contribution in [0.2, 0.25) is 0 Å². The van der Waals surface area contributed by atoms with Crippen molar-refractivity contribution in [3.05, 3.63) is 33.2 Å². The fourth-order valence-electron chi connectivity index (χ4n) is 2.31. The van der Waals surface area contributed by atoms with Crippen LogP contribution in [0.1, 0.15) is 23.2 Å². The third kappa shape index (κ3) is 2.30. The molecule has 1 aliphatic heterocycles. The SMILES string of the molecule is C#CC1CC(=O)N(Cc2c(C)cc(C)[nH]c2=O)C1. The smallest absolute Gasteiger partial charge is 0.253 e. The summed E-state index contributed by atoms with van der Waals surface area (Å²) in [5.74, 6) is 2.60. The lowest BCUT2D eigenvalue weighted by molar-refractivity contribution is -0.128. The largest absolute Gasteiger partial charge is 0.337 e. The molecule has 0 radical (unpaired) electrons. The van der Waals surface area contributed by atoms with Gasteiger partial charge in [-0.15, -0.1) is 12.3 Å². The Hall–Kier alpha value is -2.02. The fourth-order valence-corrected chi connectivity index (χ4v) is 2.31. The Labute approximate surface area is 106 Å². The highest BCUT2D eigenvalue weighted by Gasteiger charge is 2.28. The molecule has 0 aliphatic carbocycles. The van der Waals surface area contributed by atoms with Crippen molar-refractivity contribution in [2.75, 3.05) is 6.54 Å². The molecule has 1 aliphatic rings. The van der Waals surface area contributed by atoms with E-state index >= 15 is 0 Å². The molecule has 4 nitrogen and oxygen atoms in total. The molecule has 94 valence electrons. The van der Waals surface area contributed by atoms with Gasteiger partial charge in [-0.25, -0.2) is 0 Å². The number of aromatic amines is 1. The number of H-pyrrole nitrogens is 1. The Bertz CT molecular complexity index is 580. The number of carbonyl (C=O) groups is 1. The number of hydrogen-bond acceptors (Lipinski definition) is 2. The van der Waals surface area contributed by atoms with Gasteiger partial charge in [0.1, 0.15) is 0 Å². The number of rotatable bonds is 2. The summed E-state index contributed by atoms with van der Waals surface area (Å²) in [4.78, 5) is 28.1. The van der Waals surface area contributed by atoms with E-state index in [0.717, 1.165) is 11.3 Å². The molecule has 2 heterocycles. The van der Waals surface area contributed by atoms with E-state index in [2.05, 4.69) is 10.9 Å². The van der Waals surface area contributed by atoms with Crippen LogP contribution in [0.15, 0.2) is 10.9 Å². The maximum Gasteiger partial charge on any atom is 0.253 e. The molecule has 4 heteroatoms. The third-order valence-electron chi connectivity index (χ3n) is 3.29. The van der Waals surface area contributed by atoms with E-state index in [1.54, 1.807) is 4.90 Å². The molecule has 1 fully saturated rings. The molecule has 1 atom stereocenters. The maximum absolute atomic E-state index is 11.9. The first kappa shape index (κ1) is 12.4. The minimum Gasteiger partial charge on any atom is -0.337 e. The Balaban J connectivity index is 2.24. The molecular formula is C14H16N2O2. The van der Waals surface area contributed by atoms with Gasteiger partial charge < -0.3 is 9.88 Å². The van der Waals surface area contributed by atoms with Crippen molar-refractivity contribution < 1.29 is 4.79 Å². The summed E-state index contributed by atoms with van der Waals surface area (Å²) < 4.78 is 0. The number of hydrogen-bond donors (Lipinski definition) is 1. The first-order valence-corrected chi connectivity index (χ1v) is 5.94. The van der Waals surface area contributed by atoms with Crippen LogP contribution in [0.3, 0.4) is 0 Å². The molecule has 0 aromatic carbocycles.